The smallest absolute Gasteiger partial charge is 0.319 e. The maximum Gasteiger partial charge on any atom is 0.319 e. The maximum atomic E-state index is 11.8. The molecule has 2 aromatic carbocycles. The zero-order valence-electron chi connectivity index (χ0n) is 13.7. The van der Waals surface area contributed by atoms with Crippen LogP contribution in [-0.4, -0.2) is 24.2 Å². The molecule has 1 heterocycles. The van der Waals surface area contributed by atoms with E-state index < -0.39 is 0 Å². The summed E-state index contributed by atoms with van der Waals surface area (Å²) in [6.07, 6.45) is 3.25. The van der Waals surface area contributed by atoms with Crippen molar-refractivity contribution in [3.05, 3.63) is 79.1 Å². The van der Waals surface area contributed by atoms with Crippen LogP contribution in [0.5, 0.6) is 5.75 Å². The first-order chi connectivity index (χ1) is 12.3. The Hall–Kier alpha value is -3.34. The van der Waals surface area contributed by atoms with Crippen LogP contribution in [-0.2, 0) is 0 Å². The molecule has 0 fully saturated rings. The highest BCUT2D eigenvalue weighted by Crippen LogP contribution is 2.29. The van der Waals surface area contributed by atoms with Gasteiger partial charge in [0.25, 0.3) is 0 Å². The largest absolute Gasteiger partial charge is 0.491 e. The molecule has 126 valence electrons. The molecule has 25 heavy (non-hydrogen) atoms. The molecule has 2 amide bonds. The predicted molar refractivity (Wildman–Crippen MR) is 98.6 cm³/mol. The molecule has 0 aliphatic rings. The van der Waals surface area contributed by atoms with E-state index in [-0.39, 0.29) is 6.03 Å². The average Bonchev–Trinajstić information content (AvgIpc) is 2.67. The number of pyridine rings is 1. The van der Waals surface area contributed by atoms with Gasteiger partial charge in [0.15, 0.2) is 0 Å². The lowest BCUT2D eigenvalue weighted by atomic mass is 10.1. The third-order valence-corrected chi connectivity index (χ3v) is 3.56. The van der Waals surface area contributed by atoms with Crippen molar-refractivity contribution in [3.8, 4) is 16.9 Å². The van der Waals surface area contributed by atoms with E-state index in [1.54, 1.807) is 24.5 Å². The molecule has 0 saturated heterocycles. The lowest BCUT2D eigenvalue weighted by Gasteiger charge is -2.12. The Morgan fingerprint density at radius 1 is 0.920 bits per heavy atom. The molecule has 0 aliphatic heterocycles. The first-order valence-corrected chi connectivity index (χ1v) is 8.05. The van der Waals surface area contributed by atoms with Gasteiger partial charge in [0.05, 0.1) is 6.54 Å². The number of para-hydroxylation sites is 1. The van der Waals surface area contributed by atoms with E-state index in [1.807, 2.05) is 54.6 Å². The van der Waals surface area contributed by atoms with Crippen LogP contribution in [0.4, 0.5) is 10.5 Å². The van der Waals surface area contributed by atoms with Crippen molar-refractivity contribution in [3.63, 3.8) is 0 Å². The zero-order chi connectivity index (χ0) is 17.3. The molecular weight excluding hydrogens is 314 g/mol. The number of benzene rings is 2. The Labute approximate surface area is 146 Å². The molecule has 5 heteroatoms. The second-order valence-corrected chi connectivity index (χ2v) is 5.33. The highest BCUT2D eigenvalue weighted by atomic mass is 16.5. The van der Waals surface area contributed by atoms with Gasteiger partial charge in [0.1, 0.15) is 12.4 Å². The number of hydrogen-bond acceptors (Lipinski definition) is 3. The van der Waals surface area contributed by atoms with Gasteiger partial charge < -0.3 is 15.4 Å². The Morgan fingerprint density at radius 3 is 2.44 bits per heavy atom. The quantitative estimate of drug-likeness (QED) is 0.671. The minimum absolute atomic E-state index is 0.272. The summed E-state index contributed by atoms with van der Waals surface area (Å²) < 4.78 is 5.84. The van der Waals surface area contributed by atoms with E-state index in [0.717, 1.165) is 16.9 Å². The van der Waals surface area contributed by atoms with Gasteiger partial charge in [-0.3, -0.25) is 4.98 Å². The third-order valence-electron chi connectivity index (χ3n) is 3.56. The fraction of sp³-hybridized carbons (Fsp3) is 0.100. The number of nitrogens with zero attached hydrogens (tertiary/aromatic N) is 1. The first kappa shape index (κ1) is 16.5. The molecule has 0 radical (unpaired) electrons. The summed E-state index contributed by atoms with van der Waals surface area (Å²) in [5.41, 5.74) is 2.83. The van der Waals surface area contributed by atoms with Crippen molar-refractivity contribution in [2.45, 2.75) is 0 Å². The van der Waals surface area contributed by atoms with Crippen LogP contribution in [0.15, 0.2) is 79.1 Å². The van der Waals surface area contributed by atoms with Crippen molar-refractivity contribution in [1.82, 2.24) is 10.3 Å². The molecule has 0 aliphatic carbocycles. The number of aromatic nitrogens is 1. The van der Waals surface area contributed by atoms with Crippen molar-refractivity contribution < 1.29 is 9.53 Å². The SMILES string of the molecule is O=C(NCCOc1ccccc1-c1ccccc1)Nc1ccncc1. The van der Waals surface area contributed by atoms with Gasteiger partial charge in [-0.15, -0.1) is 0 Å². The van der Waals surface area contributed by atoms with E-state index in [0.29, 0.717) is 18.8 Å². The average molecular weight is 333 g/mol. The standard InChI is InChI=1S/C20H19N3O2/c24-20(23-17-10-12-21-13-11-17)22-14-15-25-19-9-5-4-8-18(19)16-6-2-1-3-7-16/h1-13H,14-15H2,(H2,21,22,23,24). The topological polar surface area (TPSA) is 63.2 Å². The third kappa shape index (κ3) is 4.81. The summed E-state index contributed by atoms with van der Waals surface area (Å²) in [5, 5.41) is 5.50. The summed E-state index contributed by atoms with van der Waals surface area (Å²) in [6.45, 7) is 0.785. The fourth-order valence-corrected chi connectivity index (χ4v) is 2.38. The molecule has 0 spiro atoms. The normalized spacial score (nSPS) is 10.1. The number of amides is 2. The Morgan fingerprint density at radius 2 is 1.64 bits per heavy atom. The first-order valence-electron chi connectivity index (χ1n) is 8.05. The molecule has 3 aromatic rings. The summed E-state index contributed by atoms with van der Waals surface area (Å²) in [4.78, 5) is 15.7. The van der Waals surface area contributed by atoms with E-state index >= 15 is 0 Å². The number of urea groups is 1. The number of carbonyl (C=O) groups is 1. The predicted octanol–water partition coefficient (Wildman–Crippen LogP) is 3.95. The van der Waals surface area contributed by atoms with E-state index in [1.165, 1.54) is 0 Å². The Kier molecular flexibility index (Phi) is 5.61. The highest BCUT2D eigenvalue weighted by Gasteiger charge is 2.06. The van der Waals surface area contributed by atoms with Crippen LogP contribution in [0, 0.1) is 0 Å². The van der Waals surface area contributed by atoms with Crippen molar-refractivity contribution in [2.75, 3.05) is 18.5 Å². The Balaban J connectivity index is 1.50. The summed E-state index contributed by atoms with van der Waals surface area (Å²) in [5.74, 6) is 0.796. The van der Waals surface area contributed by atoms with Gasteiger partial charge in [-0.25, -0.2) is 4.79 Å². The van der Waals surface area contributed by atoms with Gasteiger partial charge in [0, 0.05) is 23.6 Å². The van der Waals surface area contributed by atoms with E-state index in [2.05, 4.69) is 15.6 Å². The molecule has 0 bridgehead atoms. The maximum absolute atomic E-state index is 11.8. The number of nitrogens with one attached hydrogen (secondary N) is 2. The van der Waals surface area contributed by atoms with Crippen LogP contribution in [0.1, 0.15) is 0 Å². The van der Waals surface area contributed by atoms with Crippen LogP contribution in [0.3, 0.4) is 0 Å². The number of anilines is 1. The lowest BCUT2D eigenvalue weighted by Crippen LogP contribution is -2.32. The van der Waals surface area contributed by atoms with Crippen molar-refractivity contribution in [2.24, 2.45) is 0 Å². The summed E-state index contributed by atoms with van der Waals surface area (Å²) in [6, 6.07) is 21.1. The van der Waals surface area contributed by atoms with Gasteiger partial charge in [-0.05, 0) is 23.8 Å². The Bertz CT molecular complexity index is 807. The van der Waals surface area contributed by atoms with Gasteiger partial charge in [-0.2, -0.15) is 0 Å². The van der Waals surface area contributed by atoms with Crippen LogP contribution in [0.2, 0.25) is 0 Å². The van der Waals surface area contributed by atoms with E-state index in [9.17, 15) is 4.79 Å². The van der Waals surface area contributed by atoms with Gasteiger partial charge in [-0.1, -0.05) is 48.5 Å². The van der Waals surface area contributed by atoms with Gasteiger partial charge >= 0.3 is 6.03 Å². The second kappa shape index (κ2) is 8.49. The molecule has 0 atom stereocenters. The molecule has 5 nitrogen and oxygen atoms in total. The monoisotopic (exact) mass is 333 g/mol. The number of carbonyl (C=O) groups excluding carboxylic acids is 1. The minimum atomic E-state index is -0.272. The van der Waals surface area contributed by atoms with Crippen LogP contribution in [0.25, 0.3) is 11.1 Å². The van der Waals surface area contributed by atoms with Crippen molar-refractivity contribution in [1.29, 1.82) is 0 Å². The molecule has 3 rings (SSSR count). The molecule has 1 aromatic heterocycles. The van der Waals surface area contributed by atoms with E-state index in [4.69, 9.17) is 4.74 Å². The number of hydrogen-bond donors (Lipinski definition) is 2. The molecule has 2 N–H and O–H groups in total. The van der Waals surface area contributed by atoms with Crippen molar-refractivity contribution >= 4 is 11.7 Å². The highest BCUT2D eigenvalue weighted by molar-refractivity contribution is 5.89. The lowest BCUT2D eigenvalue weighted by molar-refractivity contribution is 0.247. The minimum Gasteiger partial charge on any atom is -0.491 e. The molecule has 0 saturated carbocycles. The van der Waals surface area contributed by atoms with Gasteiger partial charge in [0.2, 0.25) is 0 Å². The van der Waals surface area contributed by atoms with Crippen LogP contribution >= 0.6 is 0 Å². The second-order valence-electron chi connectivity index (χ2n) is 5.33. The molecule has 0 unspecified atom stereocenters. The fourth-order valence-electron chi connectivity index (χ4n) is 2.38. The number of rotatable bonds is 6. The summed E-state index contributed by atoms with van der Waals surface area (Å²) >= 11 is 0. The number of ether oxygens (including phenoxy) is 1. The molecular formula is C20H19N3O2. The zero-order valence-corrected chi connectivity index (χ0v) is 13.7. The van der Waals surface area contributed by atoms with Crippen LogP contribution < -0.4 is 15.4 Å². The summed E-state index contributed by atoms with van der Waals surface area (Å²) in [7, 11) is 0.